The predicted molar refractivity (Wildman–Crippen MR) is 80.6 cm³/mol. The molecule has 3 heterocycles. The highest BCUT2D eigenvalue weighted by Crippen LogP contribution is 2.28. The molecular weight excluding hydrogens is 262 g/mol. The largest absolute Gasteiger partial charge is 0.333 e. The van der Waals surface area contributed by atoms with Gasteiger partial charge in [-0.2, -0.15) is 23.5 Å². The van der Waals surface area contributed by atoms with Crippen LogP contribution in [0, 0.1) is 0 Å². The van der Waals surface area contributed by atoms with E-state index >= 15 is 0 Å². The number of thioether (sulfide) groups is 2. The zero-order chi connectivity index (χ0) is 12.2. The maximum Gasteiger partial charge on any atom is 0.0948 e. The van der Waals surface area contributed by atoms with Crippen LogP contribution in [0.5, 0.6) is 0 Å². The van der Waals surface area contributed by atoms with Gasteiger partial charge in [0.05, 0.1) is 6.33 Å². The Morgan fingerprint density at radius 2 is 2.44 bits per heavy atom. The van der Waals surface area contributed by atoms with Crippen LogP contribution in [0.4, 0.5) is 0 Å². The van der Waals surface area contributed by atoms with Crippen LogP contribution in [0.3, 0.4) is 0 Å². The van der Waals surface area contributed by atoms with Gasteiger partial charge in [-0.1, -0.05) is 0 Å². The number of rotatable bonds is 3. The molecule has 3 nitrogen and oxygen atoms in total. The second-order valence-corrected chi connectivity index (χ2v) is 7.64. The second-order valence-electron chi connectivity index (χ2n) is 5.08. The fourth-order valence-corrected chi connectivity index (χ4v) is 5.45. The van der Waals surface area contributed by atoms with Gasteiger partial charge in [-0.15, -0.1) is 0 Å². The maximum atomic E-state index is 4.38. The summed E-state index contributed by atoms with van der Waals surface area (Å²) in [7, 11) is 0. The van der Waals surface area contributed by atoms with Crippen LogP contribution >= 0.6 is 23.5 Å². The molecule has 0 aromatic carbocycles. The van der Waals surface area contributed by atoms with Gasteiger partial charge in [0, 0.05) is 53.4 Å². The number of piperidine rings is 1. The van der Waals surface area contributed by atoms with E-state index in [0.717, 1.165) is 18.3 Å². The fraction of sp³-hybridized carbons (Fsp3) is 0.769. The molecule has 2 saturated heterocycles. The summed E-state index contributed by atoms with van der Waals surface area (Å²) >= 11 is 4.23. The average molecular weight is 283 g/mol. The van der Waals surface area contributed by atoms with E-state index in [1.807, 2.05) is 6.33 Å². The smallest absolute Gasteiger partial charge is 0.0948 e. The van der Waals surface area contributed by atoms with Crippen molar-refractivity contribution in [2.45, 2.75) is 30.6 Å². The quantitative estimate of drug-likeness (QED) is 0.921. The summed E-state index contributed by atoms with van der Waals surface area (Å²) in [6, 6.07) is 0. The number of imidazole rings is 1. The van der Waals surface area contributed by atoms with Crippen molar-refractivity contribution in [3.63, 3.8) is 0 Å². The third-order valence-corrected chi connectivity index (χ3v) is 6.57. The molecule has 100 valence electrons. The van der Waals surface area contributed by atoms with E-state index < -0.39 is 0 Å². The topological polar surface area (TPSA) is 29.9 Å². The summed E-state index contributed by atoms with van der Waals surface area (Å²) in [5.41, 5.74) is 1.44. The SMILES string of the molecule is c1ncn(CC2CSCCS2)c1C1CCCNC1. The number of hydrogen-bond donors (Lipinski definition) is 1. The Morgan fingerprint density at radius 1 is 1.44 bits per heavy atom. The lowest BCUT2D eigenvalue weighted by atomic mass is 9.96. The van der Waals surface area contributed by atoms with Gasteiger partial charge in [-0.25, -0.2) is 4.98 Å². The number of aromatic nitrogens is 2. The van der Waals surface area contributed by atoms with E-state index in [9.17, 15) is 0 Å². The zero-order valence-electron chi connectivity index (χ0n) is 10.7. The summed E-state index contributed by atoms with van der Waals surface area (Å²) in [6.45, 7) is 3.45. The minimum absolute atomic E-state index is 0.669. The minimum Gasteiger partial charge on any atom is -0.333 e. The molecule has 0 amide bonds. The Morgan fingerprint density at radius 3 is 3.22 bits per heavy atom. The van der Waals surface area contributed by atoms with Gasteiger partial charge in [0.1, 0.15) is 0 Å². The highest BCUT2D eigenvalue weighted by molar-refractivity contribution is 8.06. The first-order valence-corrected chi connectivity index (χ1v) is 9.04. The molecule has 0 spiro atoms. The molecule has 1 aromatic rings. The van der Waals surface area contributed by atoms with Gasteiger partial charge in [0.15, 0.2) is 0 Å². The molecule has 2 aliphatic rings. The Bertz CT molecular complexity index is 368. The highest BCUT2D eigenvalue weighted by atomic mass is 32.2. The van der Waals surface area contributed by atoms with Crippen molar-refractivity contribution < 1.29 is 0 Å². The lowest BCUT2D eigenvalue weighted by Crippen LogP contribution is -2.30. The van der Waals surface area contributed by atoms with E-state index in [2.05, 4.69) is 44.6 Å². The molecule has 0 bridgehead atoms. The molecule has 0 saturated carbocycles. The fourth-order valence-electron chi connectivity index (χ4n) is 2.79. The third kappa shape index (κ3) is 3.06. The third-order valence-electron chi connectivity index (χ3n) is 3.74. The molecule has 3 rings (SSSR count). The van der Waals surface area contributed by atoms with E-state index in [0.29, 0.717) is 5.92 Å². The normalized spacial score (nSPS) is 29.3. The van der Waals surface area contributed by atoms with Gasteiger partial charge in [0.2, 0.25) is 0 Å². The first-order valence-electron chi connectivity index (χ1n) is 6.83. The average Bonchev–Trinajstić information content (AvgIpc) is 2.89. The Kier molecular flexibility index (Phi) is 4.54. The molecule has 5 heteroatoms. The van der Waals surface area contributed by atoms with Gasteiger partial charge in [-0.05, 0) is 19.4 Å². The first-order chi connectivity index (χ1) is 8.93. The Balaban J connectivity index is 1.66. The summed E-state index contributed by atoms with van der Waals surface area (Å²) in [5.74, 6) is 4.60. The molecule has 18 heavy (non-hydrogen) atoms. The molecule has 2 atom stereocenters. The van der Waals surface area contributed by atoms with Gasteiger partial charge in [-0.3, -0.25) is 0 Å². The summed E-state index contributed by atoms with van der Waals surface area (Å²) < 4.78 is 2.40. The molecular formula is C13H21N3S2. The number of nitrogens with one attached hydrogen (secondary N) is 1. The van der Waals surface area contributed by atoms with E-state index in [1.54, 1.807) is 0 Å². The van der Waals surface area contributed by atoms with Crippen molar-refractivity contribution in [2.24, 2.45) is 0 Å². The first kappa shape index (κ1) is 12.9. The van der Waals surface area contributed by atoms with Gasteiger partial charge < -0.3 is 9.88 Å². The number of hydrogen-bond acceptors (Lipinski definition) is 4. The lowest BCUT2D eigenvalue weighted by molar-refractivity contribution is 0.440. The zero-order valence-corrected chi connectivity index (χ0v) is 12.3. The monoisotopic (exact) mass is 283 g/mol. The molecule has 2 unspecified atom stereocenters. The Hall–Kier alpha value is -0.130. The van der Waals surface area contributed by atoms with Crippen molar-refractivity contribution >= 4 is 23.5 Å². The van der Waals surface area contributed by atoms with Crippen LogP contribution in [0.15, 0.2) is 12.5 Å². The van der Waals surface area contributed by atoms with E-state index in [-0.39, 0.29) is 0 Å². The van der Waals surface area contributed by atoms with Gasteiger partial charge >= 0.3 is 0 Å². The van der Waals surface area contributed by atoms with Crippen LogP contribution in [0.25, 0.3) is 0 Å². The molecule has 1 N–H and O–H groups in total. The van der Waals surface area contributed by atoms with Crippen molar-refractivity contribution in [3.8, 4) is 0 Å². The summed E-state index contributed by atoms with van der Waals surface area (Å²) in [5, 5.41) is 4.28. The van der Waals surface area contributed by atoms with Crippen molar-refractivity contribution in [1.82, 2.24) is 14.9 Å². The van der Waals surface area contributed by atoms with Gasteiger partial charge in [0.25, 0.3) is 0 Å². The van der Waals surface area contributed by atoms with Crippen molar-refractivity contribution in [3.05, 3.63) is 18.2 Å². The summed E-state index contributed by atoms with van der Waals surface area (Å²) in [6.07, 6.45) is 6.72. The Labute approximate surface area is 118 Å². The molecule has 2 aliphatic heterocycles. The van der Waals surface area contributed by atoms with Crippen LogP contribution in [-0.2, 0) is 6.54 Å². The van der Waals surface area contributed by atoms with Crippen LogP contribution < -0.4 is 5.32 Å². The highest BCUT2D eigenvalue weighted by Gasteiger charge is 2.21. The van der Waals surface area contributed by atoms with Crippen LogP contribution in [-0.4, -0.2) is 45.1 Å². The standard InChI is InChI=1S/C13H21N3S2/c1-2-11(6-14-3-1)13-7-15-10-16(13)8-12-9-17-4-5-18-12/h7,10-12,14H,1-6,8-9H2. The van der Waals surface area contributed by atoms with E-state index in [1.165, 1.54) is 42.3 Å². The van der Waals surface area contributed by atoms with Crippen LogP contribution in [0.1, 0.15) is 24.5 Å². The molecule has 0 radical (unpaired) electrons. The lowest BCUT2D eigenvalue weighted by Gasteiger charge is -2.26. The second kappa shape index (κ2) is 6.35. The minimum atomic E-state index is 0.669. The molecule has 1 aromatic heterocycles. The maximum absolute atomic E-state index is 4.38. The predicted octanol–water partition coefficient (Wildman–Crippen LogP) is 2.20. The molecule has 0 aliphatic carbocycles. The van der Waals surface area contributed by atoms with E-state index in [4.69, 9.17) is 0 Å². The number of nitrogens with zero attached hydrogens (tertiary/aromatic N) is 2. The molecule has 2 fully saturated rings. The van der Waals surface area contributed by atoms with Crippen molar-refractivity contribution in [1.29, 1.82) is 0 Å². The van der Waals surface area contributed by atoms with Crippen LogP contribution in [0.2, 0.25) is 0 Å². The van der Waals surface area contributed by atoms with Crippen molar-refractivity contribution in [2.75, 3.05) is 30.3 Å². The summed E-state index contributed by atoms with van der Waals surface area (Å²) in [4.78, 5) is 4.38.